The predicted octanol–water partition coefficient (Wildman–Crippen LogP) is 4.56. The van der Waals surface area contributed by atoms with Gasteiger partial charge in [-0.25, -0.2) is 8.42 Å². The monoisotopic (exact) mass is 493 g/mol. The van der Waals surface area contributed by atoms with Crippen LogP contribution in [0.2, 0.25) is 0 Å². The largest absolute Gasteiger partial charge is 0.350 e. The molecule has 0 fully saturated rings. The summed E-state index contributed by atoms with van der Waals surface area (Å²) in [5.41, 5.74) is 4.00. The minimum atomic E-state index is -3.74. The Hall–Kier alpha value is -3.65. The Bertz CT molecular complexity index is 1320. The van der Waals surface area contributed by atoms with E-state index in [-0.39, 0.29) is 29.3 Å². The molecule has 0 aliphatic carbocycles. The van der Waals surface area contributed by atoms with Crippen molar-refractivity contribution in [3.63, 3.8) is 0 Å². The summed E-state index contributed by atoms with van der Waals surface area (Å²) in [6.45, 7) is 7.99. The molecule has 0 aromatic heterocycles. The van der Waals surface area contributed by atoms with Gasteiger partial charge < -0.3 is 10.6 Å². The maximum Gasteiger partial charge on any atom is 0.261 e. The number of rotatable bonds is 9. The number of benzene rings is 3. The molecule has 0 aliphatic rings. The summed E-state index contributed by atoms with van der Waals surface area (Å²) >= 11 is 0. The average Bonchev–Trinajstić information content (AvgIpc) is 2.84. The lowest BCUT2D eigenvalue weighted by molar-refractivity contribution is 0.0936. The SMILES string of the molecule is CCC(C)NC(=O)c1cccc(CNC(=O)c2ccc(NS(=O)(=O)c3ccc(C)c(C)c3)cc2)c1. The predicted molar refractivity (Wildman–Crippen MR) is 138 cm³/mol. The third-order valence-electron chi connectivity index (χ3n) is 5.82. The Morgan fingerprint density at radius 2 is 1.57 bits per heavy atom. The zero-order chi connectivity index (χ0) is 25.6. The van der Waals surface area contributed by atoms with Gasteiger partial charge in [0.15, 0.2) is 0 Å². The zero-order valence-corrected chi connectivity index (χ0v) is 21.2. The second-order valence-electron chi connectivity index (χ2n) is 8.59. The molecule has 1 atom stereocenters. The van der Waals surface area contributed by atoms with Crippen molar-refractivity contribution in [3.8, 4) is 0 Å². The first-order valence-electron chi connectivity index (χ1n) is 11.5. The fraction of sp³-hybridized carbons (Fsp3) is 0.259. The number of aryl methyl sites for hydroxylation is 2. The fourth-order valence-electron chi connectivity index (χ4n) is 3.30. The zero-order valence-electron chi connectivity index (χ0n) is 20.4. The quantitative estimate of drug-likeness (QED) is 0.406. The van der Waals surface area contributed by atoms with Gasteiger partial charge in [0, 0.05) is 29.4 Å². The van der Waals surface area contributed by atoms with Crippen LogP contribution in [0.4, 0.5) is 5.69 Å². The third-order valence-corrected chi connectivity index (χ3v) is 7.20. The normalized spacial score (nSPS) is 12.0. The van der Waals surface area contributed by atoms with Crippen molar-refractivity contribution in [1.82, 2.24) is 10.6 Å². The number of amides is 2. The Kier molecular flexibility index (Phi) is 8.30. The minimum absolute atomic E-state index is 0.0827. The maximum atomic E-state index is 12.7. The van der Waals surface area contributed by atoms with Crippen LogP contribution in [0.15, 0.2) is 71.6 Å². The van der Waals surface area contributed by atoms with Gasteiger partial charge in [0.2, 0.25) is 0 Å². The van der Waals surface area contributed by atoms with Crippen LogP contribution in [0.5, 0.6) is 0 Å². The van der Waals surface area contributed by atoms with Crippen LogP contribution in [-0.2, 0) is 16.6 Å². The lowest BCUT2D eigenvalue weighted by atomic mass is 10.1. The van der Waals surface area contributed by atoms with Crippen LogP contribution < -0.4 is 15.4 Å². The first kappa shape index (κ1) is 26.0. The van der Waals surface area contributed by atoms with Gasteiger partial charge in [-0.2, -0.15) is 0 Å². The molecule has 7 nitrogen and oxygen atoms in total. The van der Waals surface area contributed by atoms with E-state index < -0.39 is 10.0 Å². The van der Waals surface area contributed by atoms with Gasteiger partial charge in [0.05, 0.1) is 4.90 Å². The fourth-order valence-corrected chi connectivity index (χ4v) is 4.44. The molecular weight excluding hydrogens is 462 g/mol. The molecule has 2 amide bonds. The van der Waals surface area contributed by atoms with Crippen LogP contribution in [0.1, 0.15) is 57.7 Å². The second-order valence-corrected chi connectivity index (χ2v) is 10.3. The third kappa shape index (κ3) is 6.93. The summed E-state index contributed by atoms with van der Waals surface area (Å²) in [6.07, 6.45) is 0.841. The molecule has 0 spiro atoms. The highest BCUT2D eigenvalue weighted by atomic mass is 32.2. The number of nitrogens with one attached hydrogen (secondary N) is 3. The molecule has 0 aliphatic heterocycles. The molecule has 1 unspecified atom stereocenters. The van der Waals surface area contributed by atoms with Crippen LogP contribution in [0, 0.1) is 13.8 Å². The first-order valence-corrected chi connectivity index (χ1v) is 13.0. The van der Waals surface area contributed by atoms with E-state index in [1.165, 1.54) is 0 Å². The summed E-state index contributed by atoms with van der Waals surface area (Å²) in [5, 5.41) is 5.75. The van der Waals surface area contributed by atoms with E-state index in [2.05, 4.69) is 15.4 Å². The highest BCUT2D eigenvalue weighted by Gasteiger charge is 2.15. The van der Waals surface area contributed by atoms with Crippen molar-refractivity contribution < 1.29 is 18.0 Å². The van der Waals surface area contributed by atoms with Gasteiger partial charge in [0.1, 0.15) is 0 Å². The standard InChI is InChI=1S/C27H31N3O4S/c1-5-20(4)29-27(32)23-8-6-7-21(16-23)17-28-26(31)22-10-12-24(13-11-22)30-35(33,34)25-14-9-18(2)19(3)15-25/h6-16,20,30H,5,17H2,1-4H3,(H,28,31)(H,29,32). The maximum absolute atomic E-state index is 12.7. The molecule has 35 heavy (non-hydrogen) atoms. The van der Waals surface area contributed by atoms with E-state index in [1.54, 1.807) is 60.7 Å². The van der Waals surface area contributed by atoms with E-state index in [9.17, 15) is 18.0 Å². The number of sulfonamides is 1. The van der Waals surface area contributed by atoms with E-state index in [1.807, 2.05) is 33.8 Å². The van der Waals surface area contributed by atoms with Gasteiger partial charge in [-0.05, 0) is 92.4 Å². The van der Waals surface area contributed by atoms with Gasteiger partial charge in [-0.1, -0.05) is 25.1 Å². The summed E-state index contributed by atoms with van der Waals surface area (Å²) in [5.74, 6) is -0.450. The molecule has 0 saturated heterocycles. The van der Waals surface area contributed by atoms with Gasteiger partial charge in [-0.15, -0.1) is 0 Å². The number of hydrogen-bond acceptors (Lipinski definition) is 4. The molecule has 0 saturated carbocycles. The summed E-state index contributed by atoms with van der Waals surface area (Å²) in [4.78, 5) is 25.1. The van der Waals surface area contributed by atoms with Crippen molar-refractivity contribution in [1.29, 1.82) is 0 Å². The number of anilines is 1. The molecule has 3 N–H and O–H groups in total. The number of carbonyl (C=O) groups excluding carboxylic acids is 2. The van der Waals surface area contributed by atoms with Crippen LogP contribution in [0.3, 0.4) is 0 Å². The molecule has 0 bridgehead atoms. The van der Waals surface area contributed by atoms with Gasteiger partial charge in [-0.3, -0.25) is 14.3 Å². The van der Waals surface area contributed by atoms with E-state index in [0.717, 1.165) is 23.1 Å². The highest BCUT2D eigenvalue weighted by molar-refractivity contribution is 7.92. The number of hydrogen-bond donors (Lipinski definition) is 3. The number of carbonyl (C=O) groups is 2. The molecule has 0 heterocycles. The van der Waals surface area contributed by atoms with Crippen molar-refractivity contribution in [3.05, 3.63) is 94.5 Å². The Balaban J connectivity index is 1.61. The summed E-state index contributed by atoms with van der Waals surface area (Å²) in [7, 11) is -3.74. The lowest BCUT2D eigenvalue weighted by Gasteiger charge is -2.12. The van der Waals surface area contributed by atoms with Crippen molar-refractivity contribution in [2.24, 2.45) is 0 Å². The Labute approximate surface area is 207 Å². The first-order chi connectivity index (χ1) is 16.6. The average molecular weight is 494 g/mol. The van der Waals surface area contributed by atoms with Crippen molar-refractivity contribution in [2.45, 2.75) is 51.6 Å². The minimum Gasteiger partial charge on any atom is -0.350 e. The Morgan fingerprint density at radius 1 is 0.857 bits per heavy atom. The molecule has 0 radical (unpaired) electrons. The lowest BCUT2D eigenvalue weighted by Crippen LogP contribution is -2.32. The van der Waals surface area contributed by atoms with E-state index in [4.69, 9.17) is 0 Å². The molecular formula is C27H31N3O4S. The van der Waals surface area contributed by atoms with Crippen LogP contribution in [0.25, 0.3) is 0 Å². The van der Waals surface area contributed by atoms with Crippen molar-refractivity contribution >= 4 is 27.5 Å². The molecule has 3 aromatic rings. The Morgan fingerprint density at radius 3 is 2.23 bits per heavy atom. The van der Waals surface area contributed by atoms with Gasteiger partial charge >= 0.3 is 0 Å². The van der Waals surface area contributed by atoms with Crippen molar-refractivity contribution in [2.75, 3.05) is 4.72 Å². The smallest absolute Gasteiger partial charge is 0.261 e. The molecule has 8 heteroatoms. The molecule has 184 valence electrons. The van der Waals surface area contributed by atoms with Gasteiger partial charge in [0.25, 0.3) is 21.8 Å². The molecule has 3 rings (SSSR count). The topological polar surface area (TPSA) is 104 Å². The van der Waals surface area contributed by atoms with Crippen LogP contribution >= 0.6 is 0 Å². The van der Waals surface area contributed by atoms with Crippen LogP contribution in [-0.4, -0.2) is 26.3 Å². The van der Waals surface area contributed by atoms with E-state index in [0.29, 0.717) is 16.8 Å². The second kappa shape index (κ2) is 11.2. The summed E-state index contributed by atoms with van der Waals surface area (Å²) in [6, 6.07) is 18.4. The highest BCUT2D eigenvalue weighted by Crippen LogP contribution is 2.19. The summed E-state index contributed by atoms with van der Waals surface area (Å²) < 4.78 is 27.9. The molecule has 3 aromatic carbocycles. The van der Waals surface area contributed by atoms with E-state index >= 15 is 0 Å².